The second-order valence-corrected chi connectivity index (χ2v) is 7.47. The predicted octanol–water partition coefficient (Wildman–Crippen LogP) is 1.71. The molecule has 2 saturated heterocycles. The average molecular weight is 353 g/mol. The molecule has 1 aromatic carbocycles. The second kappa shape index (κ2) is 6.61. The highest BCUT2D eigenvalue weighted by molar-refractivity contribution is 5.94. The molecule has 1 unspecified atom stereocenters. The minimum Gasteiger partial charge on any atom is -0.459 e. The fraction of sp³-hybridized carbons (Fsp3) is 0.400. The van der Waals surface area contributed by atoms with Crippen molar-refractivity contribution in [3.63, 3.8) is 0 Å². The predicted molar refractivity (Wildman–Crippen MR) is 96.8 cm³/mol. The summed E-state index contributed by atoms with van der Waals surface area (Å²) in [5, 5.41) is 3.07. The summed E-state index contributed by atoms with van der Waals surface area (Å²) >= 11 is 0. The number of likely N-dealkylation sites (tertiary alicyclic amines) is 2. The third-order valence-electron chi connectivity index (χ3n) is 5.56. The van der Waals surface area contributed by atoms with Crippen LogP contribution in [0.3, 0.4) is 0 Å². The molecule has 6 nitrogen and oxygen atoms in total. The topological polar surface area (TPSA) is 65.8 Å². The molecule has 0 saturated carbocycles. The van der Waals surface area contributed by atoms with E-state index in [4.69, 9.17) is 4.42 Å². The van der Waals surface area contributed by atoms with E-state index in [1.54, 1.807) is 12.1 Å². The molecule has 1 N–H and O–H groups in total. The highest BCUT2D eigenvalue weighted by Gasteiger charge is 2.54. The molecule has 0 aliphatic carbocycles. The molecular formula is C20H23N3O3. The van der Waals surface area contributed by atoms with Crippen LogP contribution in [0.1, 0.15) is 20.9 Å². The lowest BCUT2D eigenvalue weighted by molar-refractivity contribution is -0.0115. The Kier molecular flexibility index (Phi) is 4.28. The first kappa shape index (κ1) is 16.8. The largest absolute Gasteiger partial charge is 0.459 e. The molecule has 136 valence electrons. The number of rotatable bonds is 4. The number of nitrogens with one attached hydrogen (secondary N) is 1. The van der Waals surface area contributed by atoms with E-state index in [9.17, 15) is 9.59 Å². The minimum absolute atomic E-state index is 0.0434. The van der Waals surface area contributed by atoms with Crippen molar-refractivity contribution in [3.8, 4) is 0 Å². The van der Waals surface area contributed by atoms with E-state index < -0.39 is 0 Å². The zero-order valence-corrected chi connectivity index (χ0v) is 14.9. The Bertz CT molecular complexity index is 782. The summed E-state index contributed by atoms with van der Waals surface area (Å²) in [6.07, 6.45) is 1.52. The molecule has 0 bridgehead atoms. The van der Waals surface area contributed by atoms with Crippen LogP contribution in [0.15, 0.2) is 53.1 Å². The molecule has 2 aliphatic heterocycles. The lowest BCUT2D eigenvalue weighted by atomic mass is 9.71. The molecule has 1 atom stereocenters. The maximum Gasteiger partial charge on any atom is 0.289 e. The molecule has 4 rings (SSSR count). The fourth-order valence-electron chi connectivity index (χ4n) is 4.26. The zero-order chi connectivity index (χ0) is 18.1. The van der Waals surface area contributed by atoms with Crippen LogP contribution in [0.2, 0.25) is 0 Å². The maximum absolute atomic E-state index is 12.4. The molecule has 2 aromatic rings. The molecule has 2 fully saturated rings. The van der Waals surface area contributed by atoms with Gasteiger partial charge in [0.25, 0.3) is 11.8 Å². The number of carbonyl (C=O) groups excluding carboxylic acids is 2. The van der Waals surface area contributed by atoms with Crippen molar-refractivity contribution in [2.45, 2.75) is 0 Å². The van der Waals surface area contributed by atoms with E-state index >= 15 is 0 Å². The highest BCUT2D eigenvalue weighted by atomic mass is 16.3. The van der Waals surface area contributed by atoms with Crippen molar-refractivity contribution in [1.82, 2.24) is 15.1 Å². The van der Waals surface area contributed by atoms with E-state index in [0.717, 1.165) is 13.1 Å². The lowest BCUT2D eigenvalue weighted by Gasteiger charge is -2.50. The Labute approximate surface area is 152 Å². The molecule has 2 aliphatic rings. The van der Waals surface area contributed by atoms with Crippen LogP contribution in [0, 0.1) is 11.3 Å². The Balaban J connectivity index is 1.37. The lowest BCUT2D eigenvalue weighted by Crippen LogP contribution is -2.63. The van der Waals surface area contributed by atoms with Gasteiger partial charge in [0.05, 0.1) is 6.26 Å². The van der Waals surface area contributed by atoms with Crippen molar-refractivity contribution in [1.29, 1.82) is 0 Å². The van der Waals surface area contributed by atoms with E-state index in [0.29, 0.717) is 36.9 Å². The molecule has 2 amide bonds. The van der Waals surface area contributed by atoms with Crippen molar-refractivity contribution >= 4 is 11.8 Å². The first-order chi connectivity index (χ1) is 12.6. The molecule has 26 heavy (non-hydrogen) atoms. The van der Waals surface area contributed by atoms with Gasteiger partial charge in [-0.05, 0) is 37.2 Å². The third-order valence-corrected chi connectivity index (χ3v) is 5.56. The summed E-state index contributed by atoms with van der Waals surface area (Å²) < 4.78 is 5.22. The Hall–Kier alpha value is -2.60. The number of benzene rings is 1. The smallest absolute Gasteiger partial charge is 0.289 e. The van der Waals surface area contributed by atoms with Crippen LogP contribution >= 0.6 is 0 Å². The summed E-state index contributed by atoms with van der Waals surface area (Å²) in [5.41, 5.74) is 0.733. The van der Waals surface area contributed by atoms with Gasteiger partial charge in [0, 0.05) is 43.7 Å². The minimum atomic E-state index is -0.0535. The van der Waals surface area contributed by atoms with E-state index in [-0.39, 0.29) is 17.2 Å². The summed E-state index contributed by atoms with van der Waals surface area (Å²) in [7, 11) is 2.10. The van der Waals surface area contributed by atoms with Crippen LogP contribution in [0.25, 0.3) is 0 Å². The Morgan fingerprint density at radius 1 is 1.15 bits per heavy atom. The number of hydrogen-bond donors (Lipinski definition) is 1. The van der Waals surface area contributed by atoms with Crippen LogP contribution < -0.4 is 5.32 Å². The fourth-order valence-corrected chi connectivity index (χ4v) is 4.26. The molecule has 3 heterocycles. The monoisotopic (exact) mass is 353 g/mol. The SMILES string of the molecule is CN1CC(CNC(=O)c2ccccc2)C2(C1)CN(C(=O)c1ccco1)C2. The van der Waals surface area contributed by atoms with E-state index in [1.807, 2.05) is 35.2 Å². The number of nitrogens with zero attached hydrogens (tertiary/aromatic N) is 2. The molecule has 6 heteroatoms. The van der Waals surface area contributed by atoms with Crippen LogP contribution in [-0.4, -0.2) is 61.4 Å². The maximum atomic E-state index is 12.4. The first-order valence-electron chi connectivity index (χ1n) is 8.92. The van der Waals surface area contributed by atoms with Crippen molar-refractivity contribution < 1.29 is 14.0 Å². The van der Waals surface area contributed by atoms with Gasteiger partial charge >= 0.3 is 0 Å². The molecular weight excluding hydrogens is 330 g/mol. The number of hydrogen-bond acceptors (Lipinski definition) is 4. The molecule has 0 radical (unpaired) electrons. The Morgan fingerprint density at radius 2 is 1.92 bits per heavy atom. The normalized spacial score (nSPS) is 21.6. The van der Waals surface area contributed by atoms with Crippen molar-refractivity contribution in [2.75, 3.05) is 39.8 Å². The van der Waals surface area contributed by atoms with Gasteiger partial charge in [-0.1, -0.05) is 18.2 Å². The number of furan rings is 1. The third kappa shape index (κ3) is 3.01. The number of amides is 2. The van der Waals surface area contributed by atoms with E-state index in [1.165, 1.54) is 6.26 Å². The van der Waals surface area contributed by atoms with Gasteiger partial charge in [-0.25, -0.2) is 0 Å². The van der Waals surface area contributed by atoms with Crippen LogP contribution in [0.5, 0.6) is 0 Å². The van der Waals surface area contributed by atoms with Gasteiger partial charge in [-0.3, -0.25) is 9.59 Å². The van der Waals surface area contributed by atoms with Gasteiger partial charge in [-0.2, -0.15) is 0 Å². The quantitative estimate of drug-likeness (QED) is 0.909. The first-order valence-corrected chi connectivity index (χ1v) is 8.92. The van der Waals surface area contributed by atoms with E-state index in [2.05, 4.69) is 17.3 Å². The summed E-state index contributed by atoms with van der Waals surface area (Å²) in [6.45, 7) is 3.92. The Morgan fingerprint density at radius 3 is 2.62 bits per heavy atom. The molecule has 1 spiro atoms. The van der Waals surface area contributed by atoms with Crippen molar-refractivity contribution in [2.24, 2.45) is 11.3 Å². The van der Waals surface area contributed by atoms with Gasteiger partial charge < -0.3 is 19.5 Å². The van der Waals surface area contributed by atoms with Crippen molar-refractivity contribution in [3.05, 3.63) is 60.1 Å². The van der Waals surface area contributed by atoms with Crippen LogP contribution in [0.4, 0.5) is 0 Å². The number of carbonyl (C=O) groups is 2. The molecule has 1 aromatic heterocycles. The van der Waals surface area contributed by atoms with Gasteiger partial charge in [0.1, 0.15) is 0 Å². The second-order valence-electron chi connectivity index (χ2n) is 7.47. The van der Waals surface area contributed by atoms with Gasteiger partial charge in [0.2, 0.25) is 0 Å². The highest BCUT2D eigenvalue weighted by Crippen LogP contribution is 2.43. The average Bonchev–Trinajstić information content (AvgIpc) is 3.26. The standard InChI is InChI=1S/C20H23N3O3/c1-22-11-16(10-21-18(24)15-6-3-2-4-7-15)20(12-22)13-23(14-20)19(25)17-8-5-9-26-17/h2-9,16H,10-14H2,1H3,(H,21,24). The van der Waals surface area contributed by atoms with Gasteiger partial charge in [-0.15, -0.1) is 0 Å². The summed E-state index contributed by atoms with van der Waals surface area (Å²) in [5.74, 6) is 0.626. The summed E-state index contributed by atoms with van der Waals surface area (Å²) in [6, 6.07) is 12.7. The van der Waals surface area contributed by atoms with Crippen LogP contribution in [-0.2, 0) is 0 Å². The zero-order valence-electron chi connectivity index (χ0n) is 14.9. The van der Waals surface area contributed by atoms with Gasteiger partial charge in [0.15, 0.2) is 5.76 Å². The summed E-state index contributed by atoms with van der Waals surface area (Å²) in [4.78, 5) is 28.9.